The van der Waals surface area contributed by atoms with E-state index in [-0.39, 0.29) is 17.9 Å². The molecule has 0 saturated carbocycles. The highest BCUT2D eigenvalue weighted by Crippen LogP contribution is 2.28. The van der Waals surface area contributed by atoms with E-state index in [1.807, 2.05) is 18.2 Å². The highest BCUT2D eigenvalue weighted by molar-refractivity contribution is 7.91. The smallest absolute Gasteiger partial charge is 0.233 e. The highest BCUT2D eigenvalue weighted by Gasteiger charge is 2.41. The van der Waals surface area contributed by atoms with Gasteiger partial charge in [0.05, 0.1) is 17.3 Å². The maximum absolute atomic E-state index is 12.9. The van der Waals surface area contributed by atoms with Crippen LogP contribution in [0.2, 0.25) is 0 Å². The van der Waals surface area contributed by atoms with E-state index in [0.29, 0.717) is 16.6 Å². The first-order valence-electron chi connectivity index (χ1n) is 9.00. The fourth-order valence-corrected chi connectivity index (χ4v) is 4.56. The fourth-order valence-electron chi connectivity index (χ4n) is 3.00. The summed E-state index contributed by atoms with van der Waals surface area (Å²) in [5, 5.41) is 10.2. The summed E-state index contributed by atoms with van der Waals surface area (Å²) in [7, 11) is -3.83. The van der Waals surface area contributed by atoms with Crippen molar-refractivity contribution >= 4 is 16.2 Å². The number of nitrogens with zero attached hydrogens (tertiary/aromatic N) is 1. The molecule has 0 aromatic heterocycles. The number of benzene rings is 2. The minimum Gasteiger partial charge on any atom is -0.457 e. The molecule has 0 unspecified atom stereocenters. The molecule has 1 fully saturated rings. The maximum Gasteiger partial charge on any atom is 0.233 e. The third-order valence-electron chi connectivity index (χ3n) is 4.46. The van der Waals surface area contributed by atoms with Gasteiger partial charge in [-0.05, 0) is 50.2 Å². The van der Waals surface area contributed by atoms with E-state index in [4.69, 9.17) is 14.2 Å². The molecule has 0 aliphatic carbocycles. The van der Waals surface area contributed by atoms with Gasteiger partial charge in [0.1, 0.15) is 23.6 Å². The number of hydrogen-bond donors (Lipinski definition) is 1. The van der Waals surface area contributed by atoms with E-state index in [9.17, 15) is 18.4 Å². The lowest BCUT2D eigenvalue weighted by Crippen LogP contribution is -2.47. The number of ether oxygens (including phenoxy) is 3. The van der Waals surface area contributed by atoms with E-state index in [1.54, 1.807) is 38.1 Å². The lowest BCUT2D eigenvalue weighted by molar-refractivity contribution is -0.182. The summed E-state index contributed by atoms with van der Waals surface area (Å²) in [5.74, 6) is -0.332. The summed E-state index contributed by atoms with van der Waals surface area (Å²) in [6, 6.07) is 13.9. The van der Waals surface area contributed by atoms with Crippen molar-refractivity contribution in [3.63, 3.8) is 0 Å². The second kappa shape index (κ2) is 8.50. The molecule has 1 heterocycles. The van der Waals surface area contributed by atoms with Crippen LogP contribution < -0.4 is 4.74 Å². The Balaban J connectivity index is 1.75. The summed E-state index contributed by atoms with van der Waals surface area (Å²) in [5.41, 5.74) is 0. The summed E-state index contributed by atoms with van der Waals surface area (Å²) >= 11 is 0. The maximum atomic E-state index is 12.9. The lowest BCUT2D eigenvalue weighted by Gasteiger charge is -2.27. The molecule has 9 heteroatoms. The Labute approximate surface area is 169 Å². The molecule has 1 N–H and O–H groups in total. The Hall–Kier alpha value is -2.46. The van der Waals surface area contributed by atoms with Gasteiger partial charge >= 0.3 is 0 Å². The number of sulfone groups is 1. The topological polar surface area (TPSA) is 102 Å². The van der Waals surface area contributed by atoms with Crippen molar-refractivity contribution in [2.75, 3.05) is 12.4 Å². The molecule has 0 bridgehead atoms. The van der Waals surface area contributed by atoms with E-state index in [0.717, 1.165) is 0 Å². The van der Waals surface area contributed by atoms with Gasteiger partial charge < -0.3 is 14.2 Å². The molecule has 1 aliphatic heterocycles. The van der Waals surface area contributed by atoms with Crippen LogP contribution in [-0.4, -0.2) is 55.4 Å². The van der Waals surface area contributed by atoms with Gasteiger partial charge in [0, 0.05) is 0 Å². The Kier molecular flexibility index (Phi) is 6.23. The summed E-state index contributed by atoms with van der Waals surface area (Å²) in [4.78, 5) is 11.1. The average Bonchev–Trinajstić information content (AvgIpc) is 3.06. The van der Waals surface area contributed by atoms with Gasteiger partial charge in [-0.2, -0.15) is 0 Å². The average molecular weight is 421 g/mol. The standard InChI is InChI=1S/C20H23NO7S/c1-20(2)26-12-19(28-20)18(21(23)14-22)13-29(24,25)17-10-8-16(9-11-17)27-15-6-4-3-5-7-15/h3-11,14,18-19,23H,12-13H2,1-2H3/t18-,19-/m1/s1. The zero-order valence-corrected chi connectivity index (χ0v) is 16.9. The molecule has 3 rings (SSSR count). The monoisotopic (exact) mass is 421 g/mol. The van der Waals surface area contributed by atoms with Crippen LogP contribution in [0.4, 0.5) is 0 Å². The van der Waals surface area contributed by atoms with Crippen LogP contribution in [0.3, 0.4) is 0 Å². The number of para-hydroxylation sites is 1. The predicted molar refractivity (Wildman–Crippen MR) is 103 cm³/mol. The van der Waals surface area contributed by atoms with Gasteiger partial charge in [0.25, 0.3) is 0 Å². The normalized spacial score (nSPS) is 19.5. The van der Waals surface area contributed by atoms with Crippen molar-refractivity contribution in [3.8, 4) is 11.5 Å². The summed E-state index contributed by atoms with van der Waals surface area (Å²) < 4.78 is 42.4. The van der Waals surface area contributed by atoms with Crippen molar-refractivity contribution in [2.45, 2.75) is 36.7 Å². The first kappa shape index (κ1) is 21.3. The largest absolute Gasteiger partial charge is 0.457 e. The first-order chi connectivity index (χ1) is 13.7. The molecular weight excluding hydrogens is 398 g/mol. The molecule has 1 amide bonds. The fraction of sp³-hybridized carbons (Fsp3) is 0.350. The quantitative estimate of drug-likeness (QED) is 0.397. The Morgan fingerprint density at radius 1 is 1.17 bits per heavy atom. The van der Waals surface area contributed by atoms with Crippen LogP contribution in [0.15, 0.2) is 59.5 Å². The Morgan fingerprint density at radius 3 is 2.34 bits per heavy atom. The zero-order valence-electron chi connectivity index (χ0n) is 16.1. The number of amides is 1. The molecule has 2 aromatic rings. The van der Waals surface area contributed by atoms with Crippen LogP contribution >= 0.6 is 0 Å². The van der Waals surface area contributed by atoms with Crippen molar-refractivity contribution in [2.24, 2.45) is 0 Å². The molecule has 8 nitrogen and oxygen atoms in total. The van der Waals surface area contributed by atoms with Gasteiger partial charge in [-0.15, -0.1) is 0 Å². The Morgan fingerprint density at radius 2 is 1.79 bits per heavy atom. The van der Waals surface area contributed by atoms with Crippen LogP contribution in [0.1, 0.15) is 13.8 Å². The van der Waals surface area contributed by atoms with Crippen LogP contribution in [-0.2, 0) is 24.1 Å². The second-order valence-corrected chi connectivity index (χ2v) is 9.12. The minimum atomic E-state index is -3.83. The SMILES string of the molecule is CC1(C)OC[C@H]([C@@H](CS(=O)(=O)c2ccc(Oc3ccccc3)cc2)N(O)C=O)O1. The molecular formula is C20H23NO7S. The van der Waals surface area contributed by atoms with Crippen molar-refractivity contribution in [3.05, 3.63) is 54.6 Å². The molecule has 156 valence electrons. The third-order valence-corrected chi connectivity index (χ3v) is 6.23. The van der Waals surface area contributed by atoms with Crippen molar-refractivity contribution < 1.29 is 32.6 Å². The molecule has 1 saturated heterocycles. The second-order valence-electron chi connectivity index (χ2n) is 7.09. The van der Waals surface area contributed by atoms with E-state index in [2.05, 4.69) is 0 Å². The van der Waals surface area contributed by atoms with Crippen LogP contribution in [0.5, 0.6) is 11.5 Å². The van der Waals surface area contributed by atoms with Gasteiger partial charge in [-0.1, -0.05) is 18.2 Å². The minimum absolute atomic E-state index is 0.0420. The molecule has 2 atom stereocenters. The molecule has 0 radical (unpaired) electrons. The number of carbonyl (C=O) groups excluding carboxylic acids is 1. The summed E-state index contributed by atoms with van der Waals surface area (Å²) in [6.45, 7) is 3.40. The zero-order chi connectivity index (χ0) is 21.1. The molecule has 2 aromatic carbocycles. The first-order valence-corrected chi connectivity index (χ1v) is 10.7. The van der Waals surface area contributed by atoms with Gasteiger partial charge in [-0.25, -0.2) is 13.5 Å². The van der Waals surface area contributed by atoms with E-state index >= 15 is 0 Å². The molecule has 1 aliphatic rings. The predicted octanol–water partition coefficient (Wildman–Crippen LogP) is 2.62. The van der Waals surface area contributed by atoms with Gasteiger partial charge in [0.15, 0.2) is 15.6 Å². The molecule has 0 spiro atoms. The number of rotatable bonds is 8. The van der Waals surface area contributed by atoms with Gasteiger partial charge in [-0.3, -0.25) is 10.0 Å². The van der Waals surface area contributed by atoms with E-state index in [1.165, 1.54) is 12.1 Å². The van der Waals surface area contributed by atoms with Crippen molar-refractivity contribution in [1.82, 2.24) is 5.06 Å². The van der Waals surface area contributed by atoms with Crippen molar-refractivity contribution in [1.29, 1.82) is 0 Å². The Bertz CT molecular complexity index is 929. The van der Waals surface area contributed by atoms with Crippen LogP contribution in [0.25, 0.3) is 0 Å². The lowest BCUT2D eigenvalue weighted by atomic mass is 10.2. The highest BCUT2D eigenvalue weighted by atomic mass is 32.2. The van der Waals surface area contributed by atoms with Crippen LogP contribution in [0, 0.1) is 0 Å². The number of hydroxylamine groups is 2. The van der Waals surface area contributed by atoms with E-state index < -0.39 is 33.5 Å². The number of hydrogen-bond acceptors (Lipinski definition) is 7. The number of carbonyl (C=O) groups is 1. The summed E-state index contributed by atoms with van der Waals surface area (Å²) in [6.07, 6.45) is -0.623. The third kappa shape index (κ3) is 5.33. The van der Waals surface area contributed by atoms with Gasteiger partial charge in [0.2, 0.25) is 6.41 Å². The molecule has 29 heavy (non-hydrogen) atoms.